The van der Waals surface area contributed by atoms with Gasteiger partial charge in [-0.3, -0.25) is 4.79 Å². The van der Waals surface area contributed by atoms with Gasteiger partial charge >= 0.3 is 0 Å². The van der Waals surface area contributed by atoms with Crippen LogP contribution in [0.25, 0.3) is 0 Å². The topological polar surface area (TPSA) is 72.2 Å². The van der Waals surface area contributed by atoms with Gasteiger partial charge in [-0.25, -0.2) is 9.67 Å². The van der Waals surface area contributed by atoms with Gasteiger partial charge in [0.1, 0.15) is 5.71 Å². The van der Waals surface area contributed by atoms with Gasteiger partial charge in [0.25, 0.3) is 5.91 Å². The summed E-state index contributed by atoms with van der Waals surface area (Å²) in [5, 5.41) is 8.12. The maximum Gasteiger partial charge on any atom is 0.266 e. The first-order valence-electron chi connectivity index (χ1n) is 7.64. The summed E-state index contributed by atoms with van der Waals surface area (Å²) in [6.07, 6.45) is 2.86. The molecule has 1 aromatic heterocycles. The molecular formula is C16H17N5OS. The Morgan fingerprint density at radius 3 is 2.96 bits per heavy atom. The van der Waals surface area contributed by atoms with E-state index >= 15 is 0 Å². The number of hydrogen-bond acceptors (Lipinski definition) is 5. The van der Waals surface area contributed by atoms with Crippen LogP contribution in [0.5, 0.6) is 0 Å². The number of piperidine rings is 1. The van der Waals surface area contributed by atoms with Gasteiger partial charge in [0.15, 0.2) is 0 Å². The first kappa shape index (κ1) is 14.4. The molecule has 2 aliphatic heterocycles. The molecule has 2 atom stereocenters. The average Bonchev–Trinajstić information content (AvgIpc) is 2.99. The van der Waals surface area contributed by atoms with E-state index in [1.165, 1.54) is 17.3 Å². The SMILES string of the molecule is CSc1nc2n(n1)CC1C(=N2)C(=O)NCC1Cc1ccccc1. The summed E-state index contributed by atoms with van der Waals surface area (Å²) in [4.78, 5) is 21.0. The molecular weight excluding hydrogens is 310 g/mol. The van der Waals surface area contributed by atoms with Crippen molar-refractivity contribution in [2.45, 2.75) is 18.1 Å². The van der Waals surface area contributed by atoms with Crippen molar-refractivity contribution < 1.29 is 4.79 Å². The van der Waals surface area contributed by atoms with E-state index in [1.807, 2.05) is 29.1 Å². The number of amides is 1. The number of rotatable bonds is 3. The summed E-state index contributed by atoms with van der Waals surface area (Å²) in [6.45, 7) is 1.35. The minimum absolute atomic E-state index is 0.0701. The van der Waals surface area contributed by atoms with Gasteiger partial charge in [0.2, 0.25) is 11.1 Å². The van der Waals surface area contributed by atoms with Crippen LogP contribution in [-0.4, -0.2) is 39.2 Å². The van der Waals surface area contributed by atoms with Gasteiger partial charge < -0.3 is 5.32 Å². The van der Waals surface area contributed by atoms with E-state index in [0.717, 1.165) is 6.42 Å². The van der Waals surface area contributed by atoms with Gasteiger partial charge in [-0.2, -0.15) is 4.98 Å². The molecule has 1 aromatic carbocycles. The largest absolute Gasteiger partial charge is 0.351 e. The summed E-state index contributed by atoms with van der Waals surface area (Å²) in [5.41, 5.74) is 1.88. The van der Waals surface area contributed by atoms with E-state index in [-0.39, 0.29) is 11.8 Å². The number of fused-ring (bicyclic) bond motifs is 2. The van der Waals surface area contributed by atoms with E-state index in [4.69, 9.17) is 0 Å². The fourth-order valence-electron chi connectivity index (χ4n) is 3.25. The standard InChI is InChI=1S/C16H17N5OS/c1-23-16-19-15-18-13-12(9-21(15)20-16)11(8-17-14(13)22)7-10-5-3-2-4-6-10/h2-6,11-12H,7-9H2,1H3,(H,17,22). The van der Waals surface area contributed by atoms with E-state index in [1.54, 1.807) is 0 Å². The van der Waals surface area contributed by atoms with Crippen LogP contribution < -0.4 is 5.32 Å². The van der Waals surface area contributed by atoms with Crippen molar-refractivity contribution in [3.8, 4) is 0 Å². The Morgan fingerprint density at radius 2 is 2.17 bits per heavy atom. The van der Waals surface area contributed by atoms with Crippen molar-refractivity contribution in [1.29, 1.82) is 0 Å². The van der Waals surface area contributed by atoms with Crippen molar-refractivity contribution >= 4 is 29.3 Å². The van der Waals surface area contributed by atoms with Crippen LogP contribution in [0.3, 0.4) is 0 Å². The fourth-order valence-corrected chi connectivity index (χ4v) is 3.60. The van der Waals surface area contributed by atoms with Crippen molar-refractivity contribution in [2.24, 2.45) is 16.8 Å². The zero-order chi connectivity index (χ0) is 15.8. The van der Waals surface area contributed by atoms with Crippen LogP contribution in [0.15, 0.2) is 40.5 Å². The first-order chi connectivity index (χ1) is 11.2. The zero-order valence-corrected chi connectivity index (χ0v) is 13.6. The van der Waals surface area contributed by atoms with E-state index in [0.29, 0.717) is 35.8 Å². The van der Waals surface area contributed by atoms with Gasteiger partial charge in [0.05, 0.1) is 6.54 Å². The molecule has 1 saturated heterocycles. The number of nitrogens with one attached hydrogen (secondary N) is 1. The second-order valence-corrected chi connectivity index (χ2v) is 6.62. The highest BCUT2D eigenvalue weighted by molar-refractivity contribution is 7.98. The molecule has 1 amide bonds. The third-order valence-corrected chi connectivity index (χ3v) is 4.96. The predicted molar refractivity (Wildman–Crippen MR) is 89.0 cm³/mol. The first-order valence-corrected chi connectivity index (χ1v) is 8.86. The van der Waals surface area contributed by atoms with E-state index in [2.05, 4.69) is 32.5 Å². The maximum atomic E-state index is 12.2. The lowest BCUT2D eigenvalue weighted by atomic mass is 9.80. The van der Waals surface area contributed by atoms with Crippen LogP contribution >= 0.6 is 11.8 Å². The molecule has 6 nitrogen and oxygen atoms in total. The molecule has 2 aliphatic rings. The van der Waals surface area contributed by atoms with E-state index in [9.17, 15) is 4.79 Å². The molecule has 0 bridgehead atoms. The van der Waals surface area contributed by atoms with Crippen LogP contribution in [0.4, 0.5) is 5.95 Å². The van der Waals surface area contributed by atoms with Gasteiger partial charge in [0, 0.05) is 12.5 Å². The number of aromatic nitrogens is 3. The highest BCUT2D eigenvalue weighted by atomic mass is 32.2. The third-order valence-electron chi connectivity index (χ3n) is 4.42. The number of hydrogen-bond donors (Lipinski definition) is 1. The molecule has 3 heterocycles. The Hall–Kier alpha value is -2.15. The Balaban J connectivity index is 1.64. The monoisotopic (exact) mass is 327 g/mol. The van der Waals surface area contributed by atoms with Crippen LogP contribution in [0.2, 0.25) is 0 Å². The molecule has 1 fully saturated rings. The molecule has 2 aromatic rings. The summed E-state index contributed by atoms with van der Waals surface area (Å²) in [6, 6.07) is 10.4. The second kappa shape index (κ2) is 5.81. The number of nitrogens with zero attached hydrogens (tertiary/aromatic N) is 4. The fraction of sp³-hybridized carbons (Fsp3) is 0.375. The third kappa shape index (κ3) is 2.65. The highest BCUT2D eigenvalue weighted by Gasteiger charge is 2.39. The summed E-state index contributed by atoms with van der Waals surface area (Å²) in [5.74, 6) is 0.882. The second-order valence-electron chi connectivity index (χ2n) is 5.84. The molecule has 0 saturated carbocycles. The molecule has 1 N–H and O–H groups in total. The number of carbonyl (C=O) groups excluding carboxylic acids is 1. The molecule has 118 valence electrons. The molecule has 0 spiro atoms. The Bertz CT molecular complexity index is 770. The Morgan fingerprint density at radius 1 is 1.35 bits per heavy atom. The summed E-state index contributed by atoms with van der Waals surface area (Å²) < 4.78 is 1.83. The predicted octanol–water partition coefficient (Wildman–Crippen LogP) is 1.69. The number of thioether (sulfide) groups is 1. The van der Waals surface area contributed by atoms with Crippen LogP contribution in [0, 0.1) is 11.8 Å². The summed E-state index contributed by atoms with van der Waals surface area (Å²) >= 11 is 1.49. The maximum absolute atomic E-state index is 12.2. The highest BCUT2D eigenvalue weighted by Crippen LogP contribution is 2.31. The molecule has 0 radical (unpaired) electrons. The minimum Gasteiger partial charge on any atom is -0.351 e. The van der Waals surface area contributed by atoms with E-state index < -0.39 is 0 Å². The Labute approximate surface area is 138 Å². The average molecular weight is 327 g/mol. The molecule has 4 rings (SSSR count). The lowest BCUT2D eigenvalue weighted by Gasteiger charge is -2.34. The Kier molecular flexibility index (Phi) is 3.65. The van der Waals surface area contributed by atoms with Gasteiger partial charge in [-0.15, -0.1) is 5.10 Å². The van der Waals surface area contributed by atoms with Gasteiger partial charge in [-0.05, 0) is 24.2 Å². The molecule has 7 heteroatoms. The normalized spacial score (nSPS) is 22.8. The van der Waals surface area contributed by atoms with Crippen molar-refractivity contribution in [2.75, 3.05) is 12.8 Å². The quantitative estimate of drug-likeness (QED) is 0.871. The number of aliphatic imine (C=N–C) groups is 1. The van der Waals surface area contributed by atoms with Gasteiger partial charge in [-0.1, -0.05) is 42.1 Å². The van der Waals surface area contributed by atoms with Crippen molar-refractivity contribution in [3.05, 3.63) is 35.9 Å². The van der Waals surface area contributed by atoms with Crippen molar-refractivity contribution in [1.82, 2.24) is 20.1 Å². The molecule has 0 aliphatic carbocycles. The molecule has 23 heavy (non-hydrogen) atoms. The smallest absolute Gasteiger partial charge is 0.266 e. The zero-order valence-electron chi connectivity index (χ0n) is 12.8. The number of carbonyl (C=O) groups is 1. The lowest BCUT2D eigenvalue weighted by Crippen LogP contribution is -2.51. The summed E-state index contributed by atoms with van der Waals surface area (Å²) in [7, 11) is 0. The number of benzene rings is 1. The van der Waals surface area contributed by atoms with Crippen molar-refractivity contribution in [3.63, 3.8) is 0 Å². The molecule has 2 unspecified atom stereocenters. The van der Waals surface area contributed by atoms with Crippen LogP contribution in [-0.2, 0) is 17.8 Å². The lowest BCUT2D eigenvalue weighted by molar-refractivity contribution is -0.116. The minimum atomic E-state index is -0.0701. The van der Waals surface area contributed by atoms with Crippen LogP contribution in [0.1, 0.15) is 5.56 Å².